The second-order valence-electron chi connectivity index (χ2n) is 7.36. The van der Waals surface area contributed by atoms with Gasteiger partial charge < -0.3 is 18.8 Å². The molecule has 32 heavy (non-hydrogen) atoms. The maximum Gasteiger partial charge on any atom is 0.337 e. The van der Waals surface area contributed by atoms with Gasteiger partial charge in [0.15, 0.2) is 11.5 Å². The molecule has 0 saturated carbocycles. The molecule has 0 bridgehead atoms. The monoisotopic (exact) mass is 433 g/mol. The number of ether oxygens (including phenoxy) is 3. The third-order valence-corrected chi connectivity index (χ3v) is 5.19. The van der Waals surface area contributed by atoms with Crippen molar-refractivity contribution in [3.63, 3.8) is 0 Å². The van der Waals surface area contributed by atoms with Gasteiger partial charge in [0.05, 0.1) is 25.3 Å². The minimum atomic E-state index is -0.388. The lowest BCUT2D eigenvalue weighted by Crippen LogP contribution is -2.19. The number of amides is 1. The molecule has 1 N–H and O–H groups in total. The molecule has 0 aliphatic carbocycles. The highest BCUT2D eigenvalue weighted by molar-refractivity contribution is 5.90. The van der Waals surface area contributed by atoms with Crippen LogP contribution in [0.1, 0.15) is 32.9 Å². The zero-order chi connectivity index (χ0) is 22.7. The van der Waals surface area contributed by atoms with E-state index in [0.717, 1.165) is 28.2 Å². The Labute approximate surface area is 185 Å². The van der Waals surface area contributed by atoms with Gasteiger partial charge in [0.25, 0.3) is 0 Å². The number of hydrogen-bond donors (Lipinski definition) is 1. The van der Waals surface area contributed by atoms with E-state index < -0.39 is 0 Å². The van der Waals surface area contributed by atoms with E-state index in [1.165, 1.54) is 7.11 Å². The maximum absolute atomic E-state index is 12.3. The van der Waals surface area contributed by atoms with Crippen molar-refractivity contribution < 1.29 is 23.8 Å². The highest BCUT2D eigenvalue weighted by Crippen LogP contribution is 2.32. The summed E-state index contributed by atoms with van der Waals surface area (Å²) in [6.07, 6.45) is 1.79. The summed E-state index contributed by atoms with van der Waals surface area (Å²) in [5.41, 5.74) is 7.45. The Hall–Kier alpha value is -4.07. The highest BCUT2D eigenvalue weighted by Gasteiger charge is 2.15. The molecule has 2 heterocycles. The van der Waals surface area contributed by atoms with Gasteiger partial charge in [-0.05, 0) is 55.8 Å². The number of nitrogens with zero attached hydrogens (tertiary/aromatic N) is 2. The van der Waals surface area contributed by atoms with Crippen molar-refractivity contribution in [1.82, 2.24) is 9.99 Å². The summed E-state index contributed by atoms with van der Waals surface area (Å²) in [6.45, 7) is 4.11. The van der Waals surface area contributed by atoms with E-state index in [-0.39, 0.29) is 25.1 Å². The van der Waals surface area contributed by atoms with E-state index in [4.69, 9.17) is 14.2 Å². The molecule has 1 amide bonds. The van der Waals surface area contributed by atoms with E-state index in [2.05, 4.69) is 10.5 Å². The van der Waals surface area contributed by atoms with E-state index in [1.54, 1.807) is 30.5 Å². The van der Waals surface area contributed by atoms with Crippen molar-refractivity contribution in [1.29, 1.82) is 0 Å². The lowest BCUT2D eigenvalue weighted by Gasteiger charge is -2.11. The predicted molar refractivity (Wildman–Crippen MR) is 119 cm³/mol. The normalized spacial score (nSPS) is 12.2. The molecule has 8 nitrogen and oxygen atoms in total. The van der Waals surface area contributed by atoms with Crippen LogP contribution in [0.2, 0.25) is 0 Å². The fraction of sp³-hybridized carbons (Fsp3) is 0.208. The van der Waals surface area contributed by atoms with E-state index in [1.807, 2.05) is 42.7 Å². The van der Waals surface area contributed by atoms with Crippen molar-refractivity contribution >= 4 is 18.1 Å². The van der Waals surface area contributed by atoms with Crippen LogP contribution >= 0.6 is 0 Å². The third-order valence-electron chi connectivity index (χ3n) is 5.19. The Morgan fingerprint density at radius 2 is 1.94 bits per heavy atom. The van der Waals surface area contributed by atoms with Gasteiger partial charge >= 0.3 is 5.97 Å². The van der Waals surface area contributed by atoms with Crippen molar-refractivity contribution in [2.45, 2.75) is 20.3 Å². The Bertz CT molecular complexity index is 1210. The first-order chi connectivity index (χ1) is 15.5. The Morgan fingerprint density at radius 1 is 1.12 bits per heavy atom. The van der Waals surface area contributed by atoms with Crippen molar-refractivity contribution in [2.24, 2.45) is 5.10 Å². The summed E-state index contributed by atoms with van der Waals surface area (Å²) < 4.78 is 17.4. The average molecular weight is 433 g/mol. The lowest BCUT2D eigenvalue weighted by atomic mass is 10.1. The number of rotatable bonds is 6. The van der Waals surface area contributed by atoms with Crippen molar-refractivity contribution in [3.05, 3.63) is 76.6 Å². The quantitative estimate of drug-likeness (QED) is 0.366. The molecule has 1 aliphatic heterocycles. The number of hydrazone groups is 1. The minimum Gasteiger partial charge on any atom is -0.465 e. The number of fused-ring (bicyclic) bond motifs is 1. The summed E-state index contributed by atoms with van der Waals surface area (Å²) >= 11 is 0. The molecule has 2 aromatic carbocycles. The molecule has 0 fully saturated rings. The third kappa shape index (κ3) is 4.34. The number of esters is 1. The molecule has 3 aromatic rings. The fourth-order valence-electron chi connectivity index (χ4n) is 3.66. The molecule has 0 spiro atoms. The smallest absolute Gasteiger partial charge is 0.337 e. The van der Waals surface area contributed by atoms with Crippen LogP contribution in [0.4, 0.5) is 0 Å². The van der Waals surface area contributed by atoms with Crippen LogP contribution in [0, 0.1) is 13.8 Å². The minimum absolute atomic E-state index is 0.174. The number of aromatic nitrogens is 1. The number of aryl methyl sites for hydroxylation is 1. The largest absolute Gasteiger partial charge is 0.465 e. The molecule has 4 rings (SSSR count). The van der Waals surface area contributed by atoms with E-state index in [9.17, 15) is 9.59 Å². The number of hydrogen-bond acceptors (Lipinski definition) is 6. The topological polar surface area (TPSA) is 91.2 Å². The fourth-order valence-corrected chi connectivity index (χ4v) is 3.66. The van der Waals surface area contributed by atoms with Crippen LogP contribution in [0.25, 0.3) is 5.69 Å². The molecule has 1 aliphatic rings. The van der Waals surface area contributed by atoms with Gasteiger partial charge in [-0.3, -0.25) is 4.79 Å². The first-order valence-corrected chi connectivity index (χ1v) is 10.0. The van der Waals surface area contributed by atoms with Crippen LogP contribution in [0.15, 0.2) is 53.6 Å². The van der Waals surface area contributed by atoms with Crippen LogP contribution in [0.5, 0.6) is 11.5 Å². The zero-order valence-corrected chi connectivity index (χ0v) is 18.0. The van der Waals surface area contributed by atoms with Gasteiger partial charge in [-0.25, -0.2) is 10.2 Å². The summed E-state index contributed by atoms with van der Waals surface area (Å²) in [5, 5.41) is 4.11. The van der Waals surface area contributed by atoms with Gasteiger partial charge in [-0.2, -0.15) is 5.10 Å². The Balaban J connectivity index is 1.45. The van der Waals surface area contributed by atoms with Crippen LogP contribution in [0.3, 0.4) is 0 Å². The number of methoxy groups -OCH3 is 1. The molecular weight excluding hydrogens is 410 g/mol. The van der Waals surface area contributed by atoms with Gasteiger partial charge in [-0.15, -0.1) is 0 Å². The van der Waals surface area contributed by atoms with Crippen molar-refractivity contribution in [3.8, 4) is 17.2 Å². The second kappa shape index (κ2) is 8.97. The van der Waals surface area contributed by atoms with Crippen molar-refractivity contribution in [2.75, 3.05) is 13.9 Å². The second-order valence-corrected chi connectivity index (χ2v) is 7.36. The molecule has 0 radical (unpaired) electrons. The van der Waals surface area contributed by atoms with Crippen LogP contribution in [-0.2, 0) is 16.0 Å². The molecule has 0 unspecified atom stereocenters. The van der Waals surface area contributed by atoms with E-state index in [0.29, 0.717) is 17.1 Å². The first kappa shape index (κ1) is 21.2. The summed E-state index contributed by atoms with van der Waals surface area (Å²) in [4.78, 5) is 24.1. The van der Waals surface area contributed by atoms with Gasteiger partial charge in [0.2, 0.25) is 12.7 Å². The summed E-state index contributed by atoms with van der Waals surface area (Å²) in [7, 11) is 1.36. The standard InChI is InChI=1S/C24H23N3O5/c1-15-9-19(16(2)27(15)20-6-4-5-18(12-20)24(29)30-3)13-25-26-23(28)11-17-7-8-21-22(10-17)32-14-31-21/h4-10,12-13H,11,14H2,1-3H3,(H,26,28)/b25-13-. The summed E-state index contributed by atoms with van der Waals surface area (Å²) in [5.74, 6) is 0.697. The predicted octanol–water partition coefficient (Wildman–Crippen LogP) is 3.30. The Kier molecular flexibility index (Phi) is 5.93. The van der Waals surface area contributed by atoms with Crippen LogP contribution < -0.4 is 14.9 Å². The number of carbonyl (C=O) groups excluding carboxylic acids is 2. The maximum atomic E-state index is 12.3. The lowest BCUT2D eigenvalue weighted by molar-refractivity contribution is -0.120. The van der Waals surface area contributed by atoms with Gasteiger partial charge in [0, 0.05) is 22.6 Å². The van der Waals surface area contributed by atoms with Gasteiger partial charge in [0.1, 0.15) is 0 Å². The highest BCUT2D eigenvalue weighted by atomic mass is 16.7. The molecule has 0 atom stereocenters. The number of nitrogens with one attached hydrogen (secondary N) is 1. The van der Waals surface area contributed by atoms with E-state index >= 15 is 0 Å². The number of carbonyl (C=O) groups is 2. The molecular formula is C24H23N3O5. The molecule has 1 aromatic heterocycles. The molecule has 164 valence electrons. The average Bonchev–Trinajstić information content (AvgIpc) is 3.36. The Morgan fingerprint density at radius 3 is 2.75 bits per heavy atom. The first-order valence-electron chi connectivity index (χ1n) is 10.0. The SMILES string of the molecule is COC(=O)c1cccc(-n2c(C)cc(/C=N\NC(=O)Cc3ccc4c(c3)OCO4)c2C)c1. The molecule has 8 heteroatoms. The molecule has 0 saturated heterocycles. The zero-order valence-electron chi connectivity index (χ0n) is 18.0. The van der Waals surface area contributed by atoms with Gasteiger partial charge in [-0.1, -0.05) is 12.1 Å². The summed E-state index contributed by atoms with van der Waals surface area (Å²) in [6, 6.07) is 14.6. The van der Waals surface area contributed by atoms with Crippen LogP contribution in [-0.4, -0.2) is 36.6 Å². The number of benzene rings is 2.